The summed E-state index contributed by atoms with van der Waals surface area (Å²) in [6, 6.07) is 14.4. The number of carbonyl (C=O) groups is 1. The minimum absolute atomic E-state index is 0.188. The number of fused-ring (bicyclic) bond motifs is 1. The van der Waals surface area contributed by atoms with E-state index in [1.165, 1.54) is 23.5 Å². The lowest BCUT2D eigenvalue weighted by molar-refractivity contribution is 0.100. The van der Waals surface area contributed by atoms with Crippen LogP contribution in [-0.4, -0.2) is 20.9 Å². The molecule has 11 heteroatoms. The number of hydrazone groups is 1. The number of halogens is 2. The number of thiophene rings is 1. The van der Waals surface area contributed by atoms with Crippen molar-refractivity contribution in [2.45, 2.75) is 6.92 Å². The molecule has 34 heavy (non-hydrogen) atoms. The quantitative estimate of drug-likeness (QED) is 0.213. The van der Waals surface area contributed by atoms with Gasteiger partial charge in [-0.3, -0.25) is 9.00 Å². The van der Waals surface area contributed by atoms with Crippen molar-refractivity contribution in [3.8, 4) is 0 Å². The Kier molecular flexibility index (Phi) is 6.68. The molecule has 4 rings (SSSR count). The van der Waals surface area contributed by atoms with Gasteiger partial charge in [0.05, 0.1) is 34.4 Å². The average molecular weight is 500 g/mol. The first-order valence-electron chi connectivity index (χ1n) is 9.81. The molecule has 0 saturated carbocycles. The molecule has 0 bridgehead atoms. The molecule has 0 aliphatic carbocycles. The zero-order valence-corrected chi connectivity index (χ0v) is 19.3. The highest BCUT2D eigenvalue weighted by Gasteiger charge is 2.21. The molecule has 4 aromatic rings. The van der Waals surface area contributed by atoms with Gasteiger partial charge in [0.25, 0.3) is 5.91 Å². The zero-order chi connectivity index (χ0) is 24.4. The van der Waals surface area contributed by atoms with Gasteiger partial charge in [0.1, 0.15) is 0 Å². The average Bonchev–Trinajstić information content (AvgIpc) is 3.27. The molecule has 1 unspecified atom stereocenters. The lowest BCUT2D eigenvalue weighted by Gasteiger charge is -2.21. The molecule has 0 aliphatic heterocycles. The van der Waals surface area contributed by atoms with Crippen LogP contribution in [0.2, 0.25) is 0 Å². The van der Waals surface area contributed by atoms with Gasteiger partial charge in [-0.2, -0.15) is 9.52 Å². The van der Waals surface area contributed by atoms with Crippen LogP contribution in [0.3, 0.4) is 0 Å². The lowest BCUT2D eigenvalue weighted by Crippen LogP contribution is -2.20. The number of carbonyl (C=O) groups excluding carboxylic acids is 1. The van der Waals surface area contributed by atoms with Gasteiger partial charge in [-0.1, -0.05) is 17.7 Å². The standard InChI is InChI=1S/C23H18F2N4O3S2/c1-13-2-5-17(6-3-13)29(34(31)32)27-12-15-11-18(23(26)30)22(21(25)20(15)24)28-16-4-7-19-14(10-16)8-9-33-19/h2-12,28H,1H3,(H2,26,30)(H,31,32)/p-1/b27-12+. The molecule has 1 atom stereocenters. The Balaban J connectivity index is 1.72. The Morgan fingerprint density at radius 2 is 1.88 bits per heavy atom. The van der Waals surface area contributed by atoms with E-state index in [1.54, 1.807) is 24.3 Å². The third-order valence-corrected chi connectivity index (χ3v) is 6.41. The van der Waals surface area contributed by atoms with Gasteiger partial charge in [-0.25, -0.2) is 8.78 Å². The highest BCUT2D eigenvalue weighted by atomic mass is 32.2. The lowest BCUT2D eigenvalue weighted by atomic mass is 10.1. The van der Waals surface area contributed by atoms with E-state index in [-0.39, 0.29) is 11.3 Å². The number of hydrogen-bond acceptors (Lipinski definition) is 6. The summed E-state index contributed by atoms with van der Waals surface area (Å²) in [7, 11) is 0. The van der Waals surface area contributed by atoms with Crippen LogP contribution in [0.4, 0.5) is 25.8 Å². The third kappa shape index (κ3) is 4.81. The number of benzene rings is 3. The Labute approximate surface area is 199 Å². The van der Waals surface area contributed by atoms with E-state index in [1.807, 2.05) is 24.4 Å². The normalized spacial score (nSPS) is 12.2. The van der Waals surface area contributed by atoms with Crippen LogP contribution >= 0.6 is 11.3 Å². The topological polar surface area (TPSA) is 111 Å². The molecule has 0 fully saturated rings. The summed E-state index contributed by atoms with van der Waals surface area (Å²) in [6.45, 7) is 1.82. The van der Waals surface area contributed by atoms with Crippen LogP contribution in [0.15, 0.2) is 65.1 Å². The van der Waals surface area contributed by atoms with E-state index in [0.29, 0.717) is 10.1 Å². The maximum absolute atomic E-state index is 15.0. The monoisotopic (exact) mass is 499 g/mol. The van der Waals surface area contributed by atoms with Crippen molar-refractivity contribution in [2.75, 3.05) is 9.73 Å². The second-order valence-corrected chi connectivity index (χ2v) is 8.98. The number of rotatable bonds is 7. The van der Waals surface area contributed by atoms with Gasteiger partial charge < -0.3 is 15.6 Å². The number of nitrogens with one attached hydrogen (secondary N) is 1. The molecular formula is C23H17F2N4O3S2-. The summed E-state index contributed by atoms with van der Waals surface area (Å²) in [5.41, 5.74) is 5.73. The third-order valence-electron chi connectivity index (χ3n) is 4.92. The number of nitrogens with zero attached hydrogens (tertiary/aromatic N) is 2. The molecule has 1 heterocycles. The van der Waals surface area contributed by atoms with E-state index < -0.39 is 40.1 Å². The van der Waals surface area contributed by atoms with Crippen molar-refractivity contribution < 1.29 is 22.3 Å². The summed E-state index contributed by atoms with van der Waals surface area (Å²) in [4.78, 5) is 12.0. The summed E-state index contributed by atoms with van der Waals surface area (Å²) >= 11 is -1.31. The fraction of sp³-hybridized carbons (Fsp3) is 0.0435. The minimum Gasteiger partial charge on any atom is -0.754 e. The van der Waals surface area contributed by atoms with Gasteiger partial charge >= 0.3 is 0 Å². The molecule has 7 nitrogen and oxygen atoms in total. The summed E-state index contributed by atoms with van der Waals surface area (Å²) < 4.78 is 54.8. The first kappa shape index (κ1) is 23.5. The molecule has 0 spiro atoms. The predicted molar refractivity (Wildman–Crippen MR) is 130 cm³/mol. The van der Waals surface area contributed by atoms with Crippen LogP contribution in [0.5, 0.6) is 0 Å². The summed E-state index contributed by atoms with van der Waals surface area (Å²) in [5.74, 6) is -3.68. The first-order valence-corrected chi connectivity index (χ1v) is 11.7. The SMILES string of the molecule is Cc1ccc(N(/N=C/c2cc(C(N)=O)c(Nc3ccc4sccc4c3)c(F)c2F)S(=O)[O-])cc1. The van der Waals surface area contributed by atoms with E-state index in [4.69, 9.17) is 5.73 Å². The van der Waals surface area contributed by atoms with Crippen molar-refractivity contribution in [3.63, 3.8) is 0 Å². The maximum Gasteiger partial charge on any atom is 0.250 e. The number of anilines is 3. The van der Waals surface area contributed by atoms with Crippen molar-refractivity contribution in [1.82, 2.24) is 0 Å². The van der Waals surface area contributed by atoms with Crippen LogP contribution in [0.1, 0.15) is 21.5 Å². The van der Waals surface area contributed by atoms with Gasteiger partial charge in [0.2, 0.25) is 0 Å². The van der Waals surface area contributed by atoms with Gasteiger partial charge in [-0.15, -0.1) is 11.3 Å². The highest BCUT2D eigenvalue weighted by molar-refractivity contribution is 7.80. The number of amides is 1. The van der Waals surface area contributed by atoms with Crippen molar-refractivity contribution in [1.29, 1.82) is 0 Å². The first-order chi connectivity index (χ1) is 16.2. The van der Waals surface area contributed by atoms with Crippen molar-refractivity contribution in [3.05, 3.63) is 88.3 Å². The molecule has 3 N–H and O–H groups in total. The fourth-order valence-electron chi connectivity index (χ4n) is 3.22. The zero-order valence-electron chi connectivity index (χ0n) is 17.6. The van der Waals surface area contributed by atoms with Crippen molar-refractivity contribution in [2.24, 2.45) is 10.8 Å². The molecule has 3 aromatic carbocycles. The molecule has 0 radical (unpaired) electrons. The van der Waals surface area contributed by atoms with Crippen LogP contribution < -0.4 is 15.5 Å². The summed E-state index contributed by atoms with van der Waals surface area (Å²) in [5, 5.41) is 9.26. The number of nitrogens with two attached hydrogens (primary N) is 1. The van der Waals surface area contributed by atoms with E-state index in [0.717, 1.165) is 27.9 Å². The van der Waals surface area contributed by atoms with Gasteiger partial charge in [0.15, 0.2) is 11.6 Å². The second kappa shape index (κ2) is 9.67. The Bertz CT molecular complexity index is 1440. The number of primary amides is 1. The smallest absolute Gasteiger partial charge is 0.250 e. The molecule has 1 amide bonds. The molecule has 0 aliphatic rings. The minimum atomic E-state index is -2.83. The molecule has 1 aromatic heterocycles. The van der Waals surface area contributed by atoms with Crippen LogP contribution in [0.25, 0.3) is 10.1 Å². The van der Waals surface area contributed by atoms with E-state index >= 15 is 4.39 Å². The number of aryl methyl sites for hydroxylation is 1. The van der Waals surface area contributed by atoms with Gasteiger partial charge in [-0.05, 0) is 60.2 Å². The number of hydrogen-bond donors (Lipinski definition) is 2. The van der Waals surface area contributed by atoms with Gasteiger partial charge in [0, 0.05) is 16.0 Å². The van der Waals surface area contributed by atoms with Crippen LogP contribution in [-0.2, 0) is 11.3 Å². The molecular weight excluding hydrogens is 482 g/mol. The van der Waals surface area contributed by atoms with Crippen molar-refractivity contribution >= 4 is 61.9 Å². The molecule has 0 saturated heterocycles. The fourth-order valence-corrected chi connectivity index (χ4v) is 4.41. The van der Waals surface area contributed by atoms with Crippen LogP contribution in [0, 0.1) is 18.6 Å². The Morgan fingerprint density at radius 1 is 1.15 bits per heavy atom. The molecule has 174 valence electrons. The largest absolute Gasteiger partial charge is 0.754 e. The van der Waals surface area contributed by atoms with E-state index in [2.05, 4.69) is 10.4 Å². The second-order valence-electron chi connectivity index (χ2n) is 7.25. The Morgan fingerprint density at radius 3 is 2.56 bits per heavy atom. The highest BCUT2D eigenvalue weighted by Crippen LogP contribution is 2.31. The Hall–Kier alpha value is -3.67. The predicted octanol–water partition coefficient (Wildman–Crippen LogP) is 4.97. The maximum atomic E-state index is 15.0. The van der Waals surface area contributed by atoms with E-state index in [9.17, 15) is 17.9 Å². The summed E-state index contributed by atoms with van der Waals surface area (Å²) in [6.07, 6.45) is 0.807.